The maximum atomic E-state index is 11.3. The van der Waals surface area contributed by atoms with E-state index in [1.807, 2.05) is 60.7 Å². The standard InChI is InChI=1S/C27H22O5/c1-4-26(28)32-25-15-11-23(12-16-25)21-7-5-20(6-8-21)22-9-13-24(14-10-22)30-17-18-31-27(29)19(2)3/h4-18H,1-2H2,3H3/b18-17-. The Morgan fingerprint density at radius 2 is 1.16 bits per heavy atom. The van der Waals surface area contributed by atoms with Crippen LogP contribution in [0.1, 0.15) is 6.92 Å². The maximum absolute atomic E-state index is 11.3. The molecule has 0 aromatic heterocycles. The Hall–Kier alpha value is -4.38. The highest BCUT2D eigenvalue weighted by Gasteiger charge is 2.04. The highest BCUT2D eigenvalue weighted by molar-refractivity contribution is 5.87. The van der Waals surface area contributed by atoms with Gasteiger partial charge in [0.15, 0.2) is 0 Å². The fourth-order valence-corrected chi connectivity index (χ4v) is 2.75. The fourth-order valence-electron chi connectivity index (χ4n) is 2.75. The molecule has 0 aliphatic rings. The molecule has 160 valence electrons. The maximum Gasteiger partial charge on any atom is 0.338 e. The second-order valence-electron chi connectivity index (χ2n) is 6.83. The van der Waals surface area contributed by atoms with Crippen LogP contribution in [0.15, 0.2) is 110 Å². The SMILES string of the molecule is C=CC(=O)Oc1ccc(-c2ccc(-c3ccc(O/C=C\OC(=O)C(=C)C)cc3)cc2)cc1. The van der Waals surface area contributed by atoms with Crippen LogP contribution in [-0.2, 0) is 14.3 Å². The lowest BCUT2D eigenvalue weighted by molar-refractivity contribution is -0.133. The second kappa shape index (κ2) is 10.6. The van der Waals surface area contributed by atoms with Crippen molar-refractivity contribution in [2.24, 2.45) is 0 Å². The van der Waals surface area contributed by atoms with Crippen LogP contribution in [0.3, 0.4) is 0 Å². The predicted octanol–water partition coefficient (Wildman–Crippen LogP) is 6.08. The highest BCUT2D eigenvalue weighted by Crippen LogP contribution is 2.27. The lowest BCUT2D eigenvalue weighted by Crippen LogP contribution is -2.02. The van der Waals surface area contributed by atoms with Crippen LogP contribution in [-0.4, -0.2) is 11.9 Å². The molecule has 0 heterocycles. The molecule has 0 saturated heterocycles. The van der Waals surface area contributed by atoms with Gasteiger partial charge in [-0.05, 0) is 53.4 Å². The Bertz CT molecular complexity index is 1140. The molecule has 32 heavy (non-hydrogen) atoms. The summed E-state index contributed by atoms with van der Waals surface area (Å²) in [6.07, 6.45) is 3.61. The third-order valence-corrected chi connectivity index (χ3v) is 4.43. The van der Waals surface area contributed by atoms with Gasteiger partial charge < -0.3 is 14.2 Å². The summed E-state index contributed by atoms with van der Waals surface area (Å²) in [5.74, 6) is 0.100. The van der Waals surface area contributed by atoms with Crippen molar-refractivity contribution in [3.8, 4) is 33.8 Å². The molecule has 3 rings (SSSR count). The number of ether oxygens (including phenoxy) is 3. The van der Waals surface area contributed by atoms with Crippen molar-refractivity contribution in [2.45, 2.75) is 6.92 Å². The monoisotopic (exact) mass is 426 g/mol. The van der Waals surface area contributed by atoms with Gasteiger partial charge in [0, 0.05) is 11.6 Å². The summed E-state index contributed by atoms with van der Waals surface area (Å²) >= 11 is 0. The molecule has 0 bridgehead atoms. The minimum absolute atomic E-state index is 0.316. The van der Waals surface area contributed by atoms with Crippen LogP contribution >= 0.6 is 0 Å². The van der Waals surface area contributed by atoms with Gasteiger partial charge in [-0.3, -0.25) is 0 Å². The Labute approximate surface area is 186 Å². The Morgan fingerprint density at radius 3 is 1.59 bits per heavy atom. The quantitative estimate of drug-likeness (QED) is 0.189. The summed E-state index contributed by atoms with van der Waals surface area (Å²) in [5.41, 5.74) is 4.47. The van der Waals surface area contributed by atoms with E-state index < -0.39 is 11.9 Å². The zero-order valence-corrected chi connectivity index (χ0v) is 17.6. The topological polar surface area (TPSA) is 61.8 Å². The van der Waals surface area contributed by atoms with Crippen LogP contribution in [0.4, 0.5) is 0 Å². The van der Waals surface area contributed by atoms with Crippen LogP contribution < -0.4 is 9.47 Å². The molecule has 3 aromatic carbocycles. The molecule has 0 spiro atoms. The Kier molecular flexibility index (Phi) is 7.38. The van der Waals surface area contributed by atoms with Gasteiger partial charge in [-0.15, -0.1) is 0 Å². The van der Waals surface area contributed by atoms with E-state index in [2.05, 4.69) is 13.2 Å². The number of hydrogen-bond acceptors (Lipinski definition) is 5. The lowest BCUT2D eigenvalue weighted by atomic mass is 10.0. The van der Waals surface area contributed by atoms with Gasteiger partial charge in [0.2, 0.25) is 0 Å². The van der Waals surface area contributed by atoms with Gasteiger partial charge in [0.05, 0.1) is 0 Å². The van der Waals surface area contributed by atoms with E-state index in [4.69, 9.17) is 14.2 Å². The molecule has 0 N–H and O–H groups in total. The van der Waals surface area contributed by atoms with E-state index in [1.54, 1.807) is 19.1 Å². The van der Waals surface area contributed by atoms with Gasteiger partial charge in [0.25, 0.3) is 0 Å². The van der Waals surface area contributed by atoms with Crippen LogP contribution in [0, 0.1) is 0 Å². The summed E-state index contributed by atoms with van der Waals surface area (Å²) in [7, 11) is 0. The molecular formula is C27H22O5. The first kappa shape index (κ1) is 22.3. The predicted molar refractivity (Wildman–Crippen MR) is 124 cm³/mol. The van der Waals surface area contributed by atoms with Crippen LogP contribution in [0.25, 0.3) is 22.3 Å². The number of carbonyl (C=O) groups is 2. The van der Waals surface area contributed by atoms with Crippen molar-refractivity contribution in [2.75, 3.05) is 0 Å². The molecule has 0 aliphatic heterocycles. The molecule has 0 fully saturated rings. The molecule has 0 unspecified atom stereocenters. The van der Waals surface area contributed by atoms with Gasteiger partial charge in [0.1, 0.15) is 24.0 Å². The summed E-state index contributed by atoms with van der Waals surface area (Å²) in [4.78, 5) is 22.6. The molecule has 0 radical (unpaired) electrons. The third-order valence-electron chi connectivity index (χ3n) is 4.43. The second-order valence-corrected chi connectivity index (χ2v) is 6.83. The minimum atomic E-state index is -0.504. The largest absolute Gasteiger partial charge is 0.462 e. The number of carbonyl (C=O) groups excluding carboxylic acids is 2. The van der Waals surface area contributed by atoms with Crippen molar-refractivity contribution in [3.63, 3.8) is 0 Å². The highest BCUT2D eigenvalue weighted by atomic mass is 16.5. The van der Waals surface area contributed by atoms with E-state index in [0.717, 1.165) is 28.3 Å². The van der Waals surface area contributed by atoms with Crippen molar-refractivity contribution < 1.29 is 23.8 Å². The molecule has 3 aromatic rings. The smallest absolute Gasteiger partial charge is 0.338 e. The molecule has 0 saturated carbocycles. The van der Waals surface area contributed by atoms with Crippen molar-refractivity contribution in [1.29, 1.82) is 0 Å². The molecular weight excluding hydrogens is 404 g/mol. The number of rotatable bonds is 8. The van der Waals surface area contributed by atoms with Crippen molar-refractivity contribution in [1.82, 2.24) is 0 Å². The lowest BCUT2D eigenvalue weighted by Gasteiger charge is -2.07. The van der Waals surface area contributed by atoms with E-state index in [9.17, 15) is 9.59 Å². The van der Waals surface area contributed by atoms with Crippen molar-refractivity contribution in [3.05, 3.63) is 110 Å². The molecule has 5 heteroatoms. The zero-order chi connectivity index (χ0) is 22.9. The van der Waals surface area contributed by atoms with Gasteiger partial charge >= 0.3 is 11.9 Å². The first-order valence-electron chi connectivity index (χ1n) is 9.79. The van der Waals surface area contributed by atoms with E-state index in [1.165, 1.54) is 12.5 Å². The Morgan fingerprint density at radius 1 is 0.719 bits per heavy atom. The number of hydrogen-bond donors (Lipinski definition) is 0. The number of benzene rings is 3. The molecule has 0 amide bonds. The first-order chi connectivity index (χ1) is 15.5. The fraction of sp³-hybridized carbons (Fsp3) is 0.0370. The van der Waals surface area contributed by atoms with Crippen LogP contribution in [0.5, 0.6) is 11.5 Å². The average molecular weight is 426 g/mol. The van der Waals surface area contributed by atoms with E-state index >= 15 is 0 Å². The van der Waals surface area contributed by atoms with Crippen LogP contribution in [0.2, 0.25) is 0 Å². The zero-order valence-electron chi connectivity index (χ0n) is 17.6. The summed E-state index contributed by atoms with van der Waals surface area (Å²) < 4.78 is 15.3. The van der Waals surface area contributed by atoms with E-state index in [-0.39, 0.29) is 0 Å². The normalized spacial score (nSPS) is 10.4. The molecule has 0 aliphatic carbocycles. The summed E-state index contributed by atoms with van der Waals surface area (Å²) in [6.45, 7) is 8.46. The minimum Gasteiger partial charge on any atom is -0.462 e. The average Bonchev–Trinajstić information content (AvgIpc) is 2.82. The summed E-state index contributed by atoms with van der Waals surface area (Å²) in [6, 6.07) is 23.0. The summed E-state index contributed by atoms with van der Waals surface area (Å²) in [5, 5.41) is 0. The number of esters is 2. The van der Waals surface area contributed by atoms with Gasteiger partial charge in [-0.25, -0.2) is 9.59 Å². The van der Waals surface area contributed by atoms with Gasteiger partial charge in [-0.1, -0.05) is 61.7 Å². The van der Waals surface area contributed by atoms with Crippen molar-refractivity contribution >= 4 is 11.9 Å². The van der Waals surface area contributed by atoms with E-state index in [0.29, 0.717) is 17.1 Å². The molecule has 5 nitrogen and oxygen atoms in total. The Balaban J connectivity index is 1.61. The van der Waals surface area contributed by atoms with Gasteiger partial charge in [-0.2, -0.15) is 0 Å². The molecule has 0 atom stereocenters. The first-order valence-corrected chi connectivity index (χ1v) is 9.79. The third kappa shape index (κ3) is 6.06.